The normalized spacial score (nSPS) is 11.0. The first-order chi connectivity index (χ1) is 11.2. The van der Waals surface area contributed by atoms with Crippen LogP contribution in [0.5, 0.6) is 5.75 Å². The SMILES string of the molecule is COc1ccc(-c2nn3cc(-c4ccc(Br)cc4)nc3s2)cc1. The molecule has 4 rings (SSSR count). The standard InChI is InChI=1S/C17H12BrN3OS/c1-22-14-8-4-12(5-9-14)16-20-21-10-15(19-17(21)23-16)11-2-6-13(18)7-3-11/h2-10H,1H3. The van der Waals surface area contributed by atoms with Crippen LogP contribution in [0.1, 0.15) is 0 Å². The van der Waals surface area contributed by atoms with Crippen molar-refractivity contribution in [3.05, 3.63) is 59.2 Å². The fourth-order valence-electron chi connectivity index (χ4n) is 2.31. The lowest BCUT2D eigenvalue weighted by Gasteiger charge is -1.99. The molecule has 2 heterocycles. The van der Waals surface area contributed by atoms with Gasteiger partial charge in [-0.1, -0.05) is 39.4 Å². The van der Waals surface area contributed by atoms with Crippen molar-refractivity contribution in [3.63, 3.8) is 0 Å². The monoisotopic (exact) mass is 385 g/mol. The summed E-state index contributed by atoms with van der Waals surface area (Å²) in [6.45, 7) is 0. The number of hydrogen-bond acceptors (Lipinski definition) is 4. The van der Waals surface area contributed by atoms with Crippen LogP contribution in [0.15, 0.2) is 59.2 Å². The van der Waals surface area contributed by atoms with Gasteiger partial charge < -0.3 is 4.74 Å². The van der Waals surface area contributed by atoms with Crippen LogP contribution in [-0.2, 0) is 0 Å². The Morgan fingerprint density at radius 1 is 1.00 bits per heavy atom. The summed E-state index contributed by atoms with van der Waals surface area (Å²) in [4.78, 5) is 5.55. The molecule has 6 heteroatoms. The minimum Gasteiger partial charge on any atom is -0.497 e. The number of benzene rings is 2. The molecule has 4 nitrogen and oxygen atoms in total. The number of rotatable bonds is 3. The molecule has 0 saturated carbocycles. The number of fused-ring (bicyclic) bond motifs is 1. The number of hydrogen-bond donors (Lipinski definition) is 0. The molecule has 2 aromatic heterocycles. The van der Waals surface area contributed by atoms with Gasteiger partial charge in [-0.2, -0.15) is 5.10 Å². The molecule has 0 amide bonds. The molecule has 0 aliphatic rings. The van der Waals surface area contributed by atoms with Crippen LogP contribution >= 0.6 is 27.3 Å². The fraction of sp³-hybridized carbons (Fsp3) is 0.0588. The third kappa shape index (κ3) is 2.75. The van der Waals surface area contributed by atoms with Gasteiger partial charge in [0.2, 0.25) is 4.96 Å². The Hall–Kier alpha value is -2.18. The lowest BCUT2D eigenvalue weighted by Crippen LogP contribution is -1.84. The number of aromatic nitrogens is 3. The molecule has 4 aromatic rings. The molecule has 114 valence electrons. The van der Waals surface area contributed by atoms with Gasteiger partial charge in [0.1, 0.15) is 10.8 Å². The number of halogens is 1. The average Bonchev–Trinajstić information content (AvgIpc) is 3.14. The Morgan fingerprint density at radius 2 is 1.70 bits per heavy atom. The molecule has 2 aromatic carbocycles. The van der Waals surface area contributed by atoms with Crippen molar-refractivity contribution in [3.8, 4) is 27.6 Å². The zero-order valence-corrected chi connectivity index (χ0v) is 14.6. The molecular formula is C17H12BrN3OS. The Labute approximate surface area is 145 Å². The molecule has 0 aliphatic heterocycles. The van der Waals surface area contributed by atoms with Crippen LogP contribution in [0.25, 0.3) is 26.8 Å². The van der Waals surface area contributed by atoms with Gasteiger partial charge in [0, 0.05) is 15.6 Å². The number of nitrogens with zero attached hydrogens (tertiary/aromatic N) is 3. The van der Waals surface area contributed by atoms with E-state index in [1.165, 1.54) is 0 Å². The summed E-state index contributed by atoms with van der Waals surface area (Å²) in [6.07, 6.45) is 1.96. The maximum Gasteiger partial charge on any atom is 0.213 e. The van der Waals surface area contributed by atoms with E-state index in [0.717, 1.165) is 37.0 Å². The smallest absolute Gasteiger partial charge is 0.213 e. The van der Waals surface area contributed by atoms with Crippen molar-refractivity contribution in [1.82, 2.24) is 14.6 Å². The highest BCUT2D eigenvalue weighted by Crippen LogP contribution is 2.29. The first kappa shape index (κ1) is 14.4. The van der Waals surface area contributed by atoms with E-state index in [1.54, 1.807) is 18.4 Å². The van der Waals surface area contributed by atoms with Gasteiger partial charge in [-0.25, -0.2) is 9.50 Å². The third-order valence-electron chi connectivity index (χ3n) is 3.52. The van der Waals surface area contributed by atoms with Gasteiger partial charge in [0.05, 0.1) is 19.0 Å². The van der Waals surface area contributed by atoms with E-state index < -0.39 is 0 Å². The quantitative estimate of drug-likeness (QED) is 0.503. The zero-order chi connectivity index (χ0) is 15.8. The van der Waals surface area contributed by atoms with Gasteiger partial charge in [0.25, 0.3) is 0 Å². The Morgan fingerprint density at radius 3 is 2.35 bits per heavy atom. The Bertz CT molecular complexity index is 926. The molecule has 0 aliphatic carbocycles. The minimum atomic E-state index is 0.840. The summed E-state index contributed by atoms with van der Waals surface area (Å²) in [5.74, 6) is 0.840. The van der Waals surface area contributed by atoms with E-state index in [2.05, 4.69) is 26.0 Å². The Balaban J connectivity index is 1.69. The van der Waals surface area contributed by atoms with Crippen molar-refractivity contribution in [2.45, 2.75) is 0 Å². The second kappa shape index (κ2) is 5.79. The minimum absolute atomic E-state index is 0.840. The summed E-state index contributed by atoms with van der Waals surface area (Å²) >= 11 is 5.02. The molecule has 23 heavy (non-hydrogen) atoms. The lowest BCUT2D eigenvalue weighted by molar-refractivity contribution is 0.415. The van der Waals surface area contributed by atoms with Gasteiger partial charge in [-0.3, -0.25) is 0 Å². The first-order valence-corrected chi connectivity index (χ1v) is 8.60. The van der Waals surface area contributed by atoms with E-state index in [9.17, 15) is 0 Å². The van der Waals surface area contributed by atoms with Crippen LogP contribution in [0.3, 0.4) is 0 Å². The molecule has 0 spiro atoms. The van der Waals surface area contributed by atoms with E-state index >= 15 is 0 Å². The van der Waals surface area contributed by atoms with Crippen LogP contribution in [0.2, 0.25) is 0 Å². The van der Waals surface area contributed by atoms with Crippen LogP contribution < -0.4 is 4.74 Å². The largest absolute Gasteiger partial charge is 0.497 e. The van der Waals surface area contributed by atoms with Gasteiger partial charge in [-0.05, 0) is 36.4 Å². The second-order valence-corrected chi connectivity index (χ2v) is 6.87. The molecular weight excluding hydrogens is 374 g/mol. The summed E-state index contributed by atoms with van der Waals surface area (Å²) < 4.78 is 8.08. The third-order valence-corrected chi connectivity index (χ3v) is 5.02. The predicted molar refractivity (Wildman–Crippen MR) is 96.0 cm³/mol. The van der Waals surface area contributed by atoms with E-state index in [4.69, 9.17) is 4.74 Å². The van der Waals surface area contributed by atoms with E-state index in [1.807, 2.05) is 59.2 Å². The van der Waals surface area contributed by atoms with E-state index in [0.29, 0.717) is 0 Å². The maximum atomic E-state index is 5.18. The Kier molecular flexibility index (Phi) is 3.63. The number of imidazole rings is 1. The summed E-state index contributed by atoms with van der Waals surface area (Å²) in [7, 11) is 1.66. The highest BCUT2D eigenvalue weighted by Gasteiger charge is 2.11. The van der Waals surface area contributed by atoms with Crippen molar-refractivity contribution in [2.24, 2.45) is 0 Å². The summed E-state index contributed by atoms with van der Waals surface area (Å²) in [5, 5.41) is 5.57. The van der Waals surface area contributed by atoms with Gasteiger partial charge in [0.15, 0.2) is 0 Å². The molecule has 0 bridgehead atoms. The zero-order valence-electron chi connectivity index (χ0n) is 12.2. The van der Waals surface area contributed by atoms with Crippen LogP contribution in [0, 0.1) is 0 Å². The molecule has 0 saturated heterocycles. The van der Waals surface area contributed by atoms with Crippen molar-refractivity contribution < 1.29 is 4.74 Å². The van der Waals surface area contributed by atoms with Crippen molar-refractivity contribution >= 4 is 32.2 Å². The fourth-order valence-corrected chi connectivity index (χ4v) is 3.46. The lowest BCUT2D eigenvalue weighted by atomic mass is 10.2. The first-order valence-electron chi connectivity index (χ1n) is 6.99. The maximum absolute atomic E-state index is 5.18. The molecule has 0 atom stereocenters. The van der Waals surface area contributed by atoms with Crippen molar-refractivity contribution in [1.29, 1.82) is 0 Å². The molecule has 0 unspecified atom stereocenters. The van der Waals surface area contributed by atoms with Gasteiger partial charge >= 0.3 is 0 Å². The van der Waals surface area contributed by atoms with E-state index in [-0.39, 0.29) is 0 Å². The molecule has 0 fully saturated rings. The van der Waals surface area contributed by atoms with Crippen LogP contribution in [-0.4, -0.2) is 21.7 Å². The summed E-state index contributed by atoms with van der Waals surface area (Å²) in [6, 6.07) is 16.0. The van der Waals surface area contributed by atoms with Crippen molar-refractivity contribution in [2.75, 3.05) is 7.11 Å². The topological polar surface area (TPSA) is 39.4 Å². The highest BCUT2D eigenvalue weighted by molar-refractivity contribution is 9.10. The average molecular weight is 386 g/mol. The van der Waals surface area contributed by atoms with Crippen LogP contribution in [0.4, 0.5) is 0 Å². The predicted octanol–water partition coefficient (Wildman–Crippen LogP) is 4.90. The summed E-state index contributed by atoms with van der Waals surface area (Å²) in [5.41, 5.74) is 3.07. The molecule has 0 radical (unpaired) electrons. The number of methoxy groups -OCH3 is 1. The highest BCUT2D eigenvalue weighted by atomic mass is 79.9. The second-order valence-electron chi connectivity index (χ2n) is 5.00. The van der Waals surface area contributed by atoms with Gasteiger partial charge in [-0.15, -0.1) is 0 Å². The number of ether oxygens (including phenoxy) is 1. The molecule has 0 N–H and O–H groups in total.